The Morgan fingerprint density at radius 3 is 3.00 bits per heavy atom. The molecule has 2 N–H and O–H groups in total. The first kappa shape index (κ1) is 15.7. The van der Waals surface area contributed by atoms with E-state index in [-0.39, 0.29) is 12.5 Å². The van der Waals surface area contributed by atoms with Crippen LogP contribution in [0.3, 0.4) is 0 Å². The van der Waals surface area contributed by atoms with E-state index in [9.17, 15) is 4.79 Å². The van der Waals surface area contributed by atoms with Gasteiger partial charge in [0.25, 0.3) is 0 Å². The number of carbonyl (C=O) groups excluding carboxylic acids is 1. The predicted molar refractivity (Wildman–Crippen MR) is 86.0 cm³/mol. The highest BCUT2D eigenvalue weighted by atomic mass is 16.5. The quantitative estimate of drug-likeness (QED) is 0.738. The molecule has 0 aliphatic heterocycles. The van der Waals surface area contributed by atoms with E-state index in [4.69, 9.17) is 4.52 Å². The van der Waals surface area contributed by atoms with Gasteiger partial charge in [0.2, 0.25) is 5.95 Å². The van der Waals surface area contributed by atoms with E-state index >= 15 is 0 Å². The van der Waals surface area contributed by atoms with Crippen LogP contribution in [0.4, 0.5) is 10.7 Å². The lowest BCUT2D eigenvalue weighted by atomic mass is 10.2. The number of aromatic nitrogens is 5. The summed E-state index contributed by atoms with van der Waals surface area (Å²) in [5.41, 5.74) is 1.51. The van der Waals surface area contributed by atoms with Crippen molar-refractivity contribution in [3.63, 3.8) is 0 Å². The number of pyridine rings is 1. The summed E-state index contributed by atoms with van der Waals surface area (Å²) in [5, 5.41) is 13.3. The zero-order chi connectivity index (χ0) is 16.9. The van der Waals surface area contributed by atoms with Crippen molar-refractivity contribution in [2.45, 2.75) is 19.9 Å². The summed E-state index contributed by atoms with van der Waals surface area (Å²) < 4.78 is 6.84. The molecule has 0 unspecified atom stereocenters. The lowest BCUT2D eigenvalue weighted by molar-refractivity contribution is 0.250. The Morgan fingerprint density at radius 1 is 1.42 bits per heavy atom. The molecular formula is C15H17N7O2. The molecule has 0 aliphatic carbocycles. The van der Waals surface area contributed by atoms with Crippen LogP contribution in [0, 0.1) is 0 Å². The van der Waals surface area contributed by atoms with Crippen molar-refractivity contribution in [3.05, 3.63) is 42.2 Å². The van der Waals surface area contributed by atoms with Crippen LogP contribution < -0.4 is 10.6 Å². The minimum atomic E-state index is -0.414. The van der Waals surface area contributed by atoms with Gasteiger partial charge in [0, 0.05) is 37.5 Å². The number of nitrogens with one attached hydrogen (secondary N) is 2. The summed E-state index contributed by atoms with van der Waals surface area (Å²) in [7, 11) is 1.78. The van der Waals surface area contributed by atoms with Crippen molar-refractivity contribution in [3.8, 4) is 11.3 Å². The average Bonchev–Trinajstić information content (AvgIpc) is 3.20. The number of nitrogens with zero attached hydrogens (tertiary/aromatic N) is 5. The third kappa shape index (κ3) is 3.57. The second-order valence-electron chi connectivity index (χ2n) is 5.06. The molecule has 24 heavy (non-hydrogen) atoms. The molecule has 0 bridgehead atoms. The van der Waals surface area contributed by atoms with Crippen molar-refractivity contribution in [1.29, 1.82) is 0 Å². The van der Waals surface area contributed by atoms with Gasteiger partial charge in [-0.15, -0.1) is 5.10 Å². The first-order valence-electron chi connectivity index (χ1n) is 7.46. The summed E-state index contributed by atoms with van der Waals surface area (Å²) in [6, 6.07) is 5.04. The van der Waals surface area contributed by atoms with Gasteiger partial charge < -0.3 is 9.84 Å². The molecule has 0 fully saturated rings. The Labute approximate surface area is 138 Å². The van der Waals surface area contributed by atoms with Crippen molar-refractivity contribution >= 4 is 12.0 Å². The van der Waals surface area contributed by atoms with E-state index in [0.29, 0.717) is 11.5 Å². The van der Waals surface area contributed by atoms with Crippen LogP contribution in [0.2, 0.25) is 0 Å². The maximum Gasteiger partial charge on any atom is 0.322 e. The van der Waals surface area contributed by atoms with Crippen LogP contribution in [0.25, 0.3) is 11.3 Å². The maximum atomic E-state index is 11.9. The molecule has 2 amide bonds. The SMILES string of the molecule is CCc1nc(NC(=O)NCc2cc(-c3cccnc3)no2)nn1C. The fourth-order valence-electron chi connectivity index (χ4n) is 2.14. The number of aryl methyl sites for hydroxylation is 2. The molecule has 0 atom stereocenters. The maximum absolute atomic E-state index is 11.9. The molecule has 0 saturated carbocycles. The number of urea groups is 1. The number of rotatable bonds is 5. The van der Waals surface area contributed by atoms with Crippen LogP contribution in [0.15, 0.2) is 35.1 Å². The van der Waals surface area contributed by atoms with E-state index in [2.05, 4.69) is 30.9 Å². The molecule has 3 aromatic heterocycles. The number of amides is 2. The Kier molecular flexibility index (Phi) is 4.50. The van der Waals surface area contributed by atoms with E-state index in [1.54, 1.807) is 30.2 Å². The molecule has 0 spiro atoms. The fourth-order valence-corrected chi connectivity index (χ4v) is 2.14. The normalized spacial score (nSPS) is 10.6. The van der Waals surface area contributed by atoms with Gasteiger partial charge in [-0.25, -0.2) is 4.79 Å². The minimum absolute atomic E-state index is 0.201. The zero-order valence-electron chi connectivity index (χ0n) is 13.4. The largest absolute Gasteiger partial charge is 0.359 e. The lowest BCUT2D eigenvalue weighted by Gasteiger charge is -2.01. The first-order chi connectivity index (χ1) is 11.7. The highest BCUT2D eigenvalue weighted by Gasteiger charge is 2.11. The first-order valence-corrected chi connectivity index (χ1v) is 7.46. The van der Waals surface area contributed by atoms with Gasteiger partial charge in [0.15, 0.2) is 5.76 Å². The van der Waals surface area contributed by atoms with Crippen molar-refractivity contribution < 1.29 is 9.32 Å². The lowest BCUT2D eigenvalue weighted by Crippen LogP contribution is -2.28. The molecule has 9 nitrogen and oxygen atoms in total. The van der Waals surface area contributed by atoms with Gasteiger partial charge >= 0.3 is 6.03 Å². The van der Waals surface area contributed by atoms with Crippen LogP contribution in [-0.2, 0) is 20.0 Å². The van der Waals surface area contributed by atoms with Gasteiger partial charge in [-0.1, -0.05) is 12.1 Å². The van der Waals surface area contributed by atoms with E-state index in [1.807, 2.05) is 19.1 Å². The average molecular weight is 327 g/mol. The molecule has 0 saturated heterocycles. The second-order valence-corrected chi connectivity index (χ2v) is 5.06. The van der Waals surface area contributed by atoms with Gasteiger partial charge in [0.1, 0.15) is 11.5 Å². The standard InChI is InChI=1S/C15H17N7O2/c1-3-13-18-14(20-22(13)2)19-15(23)17-9-11-7-12(21-24-11)10-5-4-6-16-8-10/h4-8H,3,9H2,1-2H3,(H2,17,19,20,23). The summed E-state index contributed by atoms with van der Waals surface area (Å²) in [6.07, 6.45) is 4.12. The highest BCUT2D eigenvalue weighted by Crippen LogP contribution is 2.17. The van der Waals surface area contributed by atoms with Crippen molar-refractivity contribution in [2.24, 2.45) is 7.05 Å². The zero-order valence-corrected chi connectivity index (χ0v) is 13.4. The van der Waals surface area contributed by atoms with E-state index < -0.39 is 6.03 Å². The molecule has 3 aromatic rings. The third-order valence-electron chi connectivity index (χ3n) is 3.33. The molecule has 124 valence electrons. The smallest absolute Gasteiger partial charge is 0.322 e. The van der Waals surface area contributed by atoms with Gasteiger partial charge in [-0.2, -0.15) is 4.98 Å². The summed E-state index contributed by atoms with van der Waals surface area (Å²) in [6.45, 7) is 2.17. The number of carbonyl (C=O) groups is 1. The van der Waals surface area contributed by atoms with Crippen LogP contribution in [0.1, 0.15) is 18.5 Å². The highest BCUT2D eigenvalue weighted by molar-refractivity contribution is 5.87. The van der Waals surface area contributed by atoms with Crippen molar-refractivity contribution in [2.75, 3.05) is 5.32 Å². The topological polar surface area (TPSA) is 111 Å². The monoisotopic (exact) mass is 327 g/mol. The Hall–Kier alpha value is -3.23. The molecule has 0 aliphatic rings. The molecule has 3 rings (SSSR count). The summed E-state index contributed by atoms with van der Waals surface area (Å²) in [4.78, 5) is 20.1. The van der Waals surface area contributed by atoms with E-state index in [1.165, 1.54) is 0 Å². The number of hydrogen-bond acceptors (Lipinski definition) is 6. The summed E-state index contributed by atoms with van der Waals surface area (Å²) >= 11 is 0. The van der Waals surface area contributed by atoms with Gasteiger partial charge in [-0.05, 0) is 12.1 Å². The van der Waals surface area contributed by atoms with Crippen molar-refractivity contribution in [1.82, 2.24) is 30.2 Å². The molecule has 0 radical (unpaired) electrons. The third-order valence-corrected chi connectivity index (χ3v) is 3.33. The van der Waals surface area contributed by atoms with Gasteiger partial charge in [0.05, 0.1) is 6.54 Å². The Balaban J connectivity index is 1.55. The van der Waals surface area contributed by atoms with Crippen LogP contribution in [-0.4, -0.2) is 30.9 Å². The fraction of sp³-hybridized carbons (Fsp3) is 0.267. The van der Waals surface area contributed by atoms with E-state index in [0.717, 1.165) is 17.8 Å². The predicted octanol–water partition coefficient (Wildman–Crippen LogP) is 1.75. The number of hydrogen-bond donors (Lipinski definition) is 2. The second kappa shape index (κ2) is 6.90. The molecule has 3 heterocycles. The molecule has 9 heteroatoms. The summed E-state index contributed by atoms with van der Waals surface area (Å²) in [5.74, 6) is 1.59. The molecule has 0 aromatic carbocycles. The Bertz CT molecular complexity index is 825. The van der Waals surface area contributed by atoms with Crippen LogP contribution in [0.5, 0.6) is 0 Å². The number of anilines is 1. The van der Waals surface area contributed by atoms with Crippen LogP contribution >= 0.6 is 0 Å². The van der Waals surface area contributed by atoms with Gasteiger partial charge in [-0.3, -0.25) is 15.0 Å². The Morgan fingerprint density at radius 2 is 2.29 bits per heavy atom. The molecular weight excluding hydrogens is 310 g/mol. The minimum Gasteiger partial charge on any atom is -0.359 e.